The lowest BCUT2D eigenvalue weighted by Crippen LogP contribution is -2.27. The monoisotopic (exact) mass is 265 g/mol. The summed E-state index contributed by atoms with van der Waals surface area (Å²) in [6.07, 6.45) is 2.61. The molecule has 1 rings (SSSR count). The molecule has 0 bridgehead atoms. The molecule has 19 heavy (non-hydrogen) atoms. The highest BCUT2D eigenvalue weighted by atomic mass is 16.5. The number of benzene rings is 1. The number of aliphatic carboxylic acids is 1. The normalized spacial score (nSPS) is 11.1. The zero-order chi connectivity index (χ0) is 14.1. The number of likely N-dealkylation sites (N-methyl/N-ethyl adjacent to an activating group) is 1. The Bertz CT molecular complexity index is 431. The number of nitrogens with zero attached hydrogens (tertiary/aromatic N) is 1. The predicted octanol–water partition coefficient (Wildman–Crippen LogP) is 1.09. The fraction of sp³-hybridized carbons (Fsp3) is 0.357. The fourth-order valence-electron chi connectivity index (χ4n) is 1.48. The number of carboxylic acid groups (broad SMARTS) is 1. The molecule has 0 aliphatic rings. The summed E-state index contributed by atoms with van der Waals surface area (Å²) in [5.74, 6) is -0.276. The third-order valence-electron chi connectivity index (χ3n) is 2.50. The van der Waals surface area contributed by atoms with E-state index in [-0.39, 0.29) is 6.61 Å². The molecule has 0 atom stereocenters. The topological polar surface area (TPSA) is 70.0 Å². The van der Waals surface area contributed by atoms with Crippen molar-refractivity contribution in [2.75, 3.05) is 33.4 Å². The van der Waals surface area contributed by atoms with E-state index in [1.54, 1.807) is 6.07 Å². The minimum Gasteiger partial charge on any atom is -0.492 e. The van der Waals surface area contributed by atoms with Gasteiger partial charge >= 0.3 is 5.97 Å². The molecular formula is C14H19NO4. The summed E-state index contributed by atoms with van der Waals surface area (Å²) in [6.45, 7) is 1.98. The average molecular weight is 265 g/mol. The number of ether oxygens (including phenoxy) is 1. The second-order valence-electron chi connectivity index (χ2n) is 4.12. The Balaban J connectivity index is 2.46. The van der Waals surface area contributed by atoms with Crippen LogP contribution in [0.15, 0.2) is 30.3 Å². The number of carboxylic acids is 1. The Morgan fingerprint density at radius 1 is 1.42 bits per heavy atom. The van der Waals surface area contributed by atoms with Gasteiger partial charge in [0.25, 0.3) is 0 Å². The highest BCUT2D eigenvalue weighted by Crippen LogP contribution is 2.14. The second-order valence-corrected chi connectivity index (χ2v) is 4.12. The number of carbonyl (C=O) groups is 1. The van der Waals surface area contributed by atoms with Crippen molar-refractivity contribution < 1.29 is 19.7 Å². The number of aliphatic hydroxyl groups excluding tert-OH is 1. The number of rotatable bonds is 8. The highest BCUT2D eigenvalue weighted by molar-refractivity contribution is 5.85. The van der Waals surface area contributed by atoms with Gasteiger partial charge in [-0.1, -0.05) is 12.1 Å². The van der Waals surface area contributed by atoms with Gasteiger partial charge in [0.1, 0.15) is 12.4 Å². The molecule has 0 fully saturated rings. The van der Waals surface area contributed by atoms with Crippen LogP contribution in [0.1, 0.15) is 5.56 Å². The van der Waals surface area contributed by atoms with Crippen LogP contribution in [0.25, 0.3) is 6.08 Å². The smallest absolute Gasteiger partial charge is 0.328 e. The minimum absolute atomic E-state index is 0.131. The van der Waals surface area contributed by atoms with Crippen LogP contribution < -0.4 is 4.74 Å². The molecule has 0 unspecified atom stereocenters. The minimum atomic E-state index is -0.975. The predicted molar refractivity (Wildman–Crippen MR) is 73.2 cm³/mol. The molecule has 0 aliphatic heterocycles. The van der Waals surface area contributed by atoms with E-state index in [0.717, 1.165) is 18.2 Å². The van der Waals surface area contributed by atoms with E-state index < -0.39 is 5.97 Å². The van der Waals surface area contributed by atoms with Crippen LogP contribution >= 0.6 is 0 Å². The second kappa shape index (κ2) is 8.29. The van der Waals surface area contributed by atoms with E-state index in [4.69, 9.17) is 14.9 Å². The van der Waals surface area contributed by atoms with Crippen molar-refractivity contribution in [3.05, 3.63) is 35.9 Å². The van der Waals surface area contributed by atoms with Gasteiger partial charge in [0, 0.05) is 19.2 Å². The largest absolute Gasteiger partial charge is 0.492 e. The first-order valence-corrected chi connectivity index (χ1v) is 6.05. The summed E-state index contributed by atoms with van der Waals surface area (Å²) in [4.78, 5) is 12.4. The maximum absolute atomic E-state index is 10.4. The molecule has 0 aliphatic carbocycles. The van der Waals surface area contributed by atoms with Crippen molar-refractivity contribution in [3.8, 4) is 5.75 Å². The van der Waals surface area contributed by atoms with Crippen molar-refractivity contribution in [3.63, 3.8) is 0 Å². The first kappa shape index (κ1) is 15.2. The van der Waals surface area contributed by atoms with Crippen LogP contribution in [0.5, 0.6) is 5.75 Å². The Labute approximate surface area is 112 Å². The van der Waals surface area contributed by atoms with E-state index in [9.17, 15) is 4.79 Å². The van der Waals surface area contributed by atoms with Gasteiger partial charge in [-0.05, 0) is 30.8 Å². The maximum Gasteiger partial charge on any atom is 0.328 e. The molecular weight excluding hydrogens is 246 g/mol. The summed E-state index contributed by atoms with van der Waals surface area (Å²) in [6, 6.07) is 7.23. The van der Waals surface area contributed by atoms with E-state index in [1.165, 1.54) is 6.08 Å². The third-order valence-corrected chi connectivity index (χ3v) is 2.50. The van der Waals surface area contributed by atoms with Crippen LogP contribution in [-0.2, 0) is 4.79 Å². The SMILES string of the molecule is CN(CCO)CCOc1cccc(C=CC(=O)O)c1. The average Bonchev–Trinajstić information content (AvgIpc) is 2.37. The molecule has 1 aromatic carbocycles. The van der Waals surface area contributed by atoms with Gasteiger partial charge in [-0.15, -0.1) is 0 Å². The van der Waals surface area contributed by atoms with Crippen LogP contribution in [0, 0.1) is 0 Å². The van der Waals surface area contributed by atoms with Gasteiger partial charge < -0.3 is 19.8 Å². The molecule has 0 saturated heterocycles. The van der Waals surface area contributed by atoms with Crippen LogP contribution in [-0.4, -0.2) is 54.4 Å². The van der Waals surface area contributed by atoms with Crippen molar-refractivity contribution in [2.24, 2.45) is 0 Å². The lowest BCUT2D eigenvalue weighted by Gasteiger charge is -2.15. The third kappa shape index (κ3) is 6.59. The lowest BCUT2D eigenvalue weighted by molar-refractivity contribution is -0.131. The number of hydrogen-bond donors (Lipinski definition) is 2. The van der Waals surface area contributed by atoms with E-state index in [1.807, 2.05) is 30.1 Å². The Morgan fingerprint density at radius 2 is 2.21 bits per heavy atom. The summed E-state index contributed by atoms with van der Waals surface area (Å²) in [5, 5.41) is 17.3. The van der Waals surface area contributed by atoms with Crippen molar-refractivity contribution >= 4 is 12.0 Å². The van der Waals surface area contributed by atoms with Gasteiger partial charge in [-0.3, -0.25) is 0 Å². The molecule has 104 valence electrons. The molecule has 5 nitrogen and oxygen atoms in total. The molecule has 0 spiro atoms. The van der Waals surface area contributed by atoms with Crippen LogP contribution in [0.4, 0.5) is 0 Å². The summed E-state index contributed by atoms with van der Waals surface area (Å²) in [5.41, 5.74) is 0.781. The molecule has 0 amide bonds. The summed E-state index contributed by atoms with van der Waals surface area (Å²) in [7, 11) is 1.91. The Kier molecular flexibility index (Phi) is 6.63. The summed E-state index contributed by atoms with van der Waals surface area (Å²) >= 11 is 0. The molecule has 0 aromatic heterocycles. The van der Waals surface area contributed by atoms with Gasteiger partial charge in [-0.25, -0.2) is 4.79 Å². The lowest BCUT2D eigenvalue weighted by atomic mass is 10.2. The van der Waals surface area contributed by atoms with E-state index >= 15 is 0 Å². The summed E-state index contributed by atoms with van der Waals surface area (Å²) < 4.78 is 5.57. The van der Waals surface area contributed by atoms with Crippen LogP contribution in [0.3, 0.4) is 0 Å². The fourth-order valence-corrected chi connectivity index (χ4v) is 1.48. The first-order valence-electron chi connectivity index (χ1n) is 6.05. The molecule has 0 radical (unpaired) electrons. The Morgan fingerprint density at radius 3 is 2.89 bits per heavy atom. The van der Waals surface area contributed by atoms with Crippen molar-refractivity contribution in [2.45, 2.75) is 0 Å². The Hall–Kier alpha value is -1.85. The number of aliphatic hydroxyl groups is 1. The molecule has 1 aromatic rings. The molecule has 2 N–H and O–H groups in total. The molecule has 0 heterocycles. The standard InChI is InChI=1S/C14H19NO4/c1-15(7-9-16)8-10-19-13-4-2-3-12(11-13)5-6-14(17)18/h2-6,11,16H,7-10H2,1H3,(H,17,18). The number of hydrogen-bond acceptors (Lipinski definition) is 4. The van der Waals surface area contributed by atoms with Gasteiger partial charge in [0.15, 0.2) is 0 Å². The van der Waals surface area contributed by atoms with E-state index in [0.29, 0.717) is 18.9 Å². The maximum atomic E-state index is 10.4. The molecule has 0 saturated carbocycles. The van der Waals surface area contributed by atoms with Crippen molar-refractivity contribution in [1.82, 2.24) is 4.90 Å². The zero-order valence-corrected chi connectivity index (χ0v) is 11.0. The quantitative estimate of drug-likeness (QED) is 0.688. The van der Waals surface area contributed by atoms with E-state index in [2.05, 4.69) is 0 Å². The highest BCUT2D eigenvalue weighted by Gasteiger charge is 1.99. The first-order chi connectivity index (χ1) is 9.11. The molecule has 5 heteroatoms. The zero-order valence-electron chi connectivity index (χ0n) is 11.0. The van der Waals surface area contributed by atoms with Gasteiger partial charge in [-0.2, -0.15) is 0 Å². The van der Waals surface area contributed by atoms with Crippen molar-refractivity contribution in [1.29, 1.82) is 0 Å². The van der Waals surface area contributed by atoms with Gasteiger partial charge in [0.2, 0.25) is 0 Å². The van der Waals surface area contributed by atoms with Gasteiger partial charge in [0.05, 0.1) is 6.61 Å². The van der Waals surface area contributed by atoms with Crippen LogP contribution in [0.2, 0.25) is 0 Å².